The summed E-state index contributed by atoms with van der Waals surface area (Å²) in [6, 6.07) is 14.4. The van der Waals surface area contributed by atoms with Crippen molar-refractivity contribution in [1.82, 2.24) is 0 Å². The first kappa shape index (κ1) is 13.6. The van der Waals surface area contributed by atoms with Crippen LogP contribution < -0.4 is 10.5 Å². The lowest BCUT2D eigenvalue weighted by atomic mass is 10.1. The van der Waals surface area contributed by atoms with E-state index in [-0.39, 0.29) is 6.10 Å². The molecule has 100 valence electrons. The Morgan fingerprint density at radius 2 is 1.58 bits per heavy atom. The predicted molar refractivity (Wildman–Crippen MR) is 79.5 cm³/mol. The molecule has 2 heteroatoms. The zero-order valence-electron chi connectivity index (χ0n) is 11.8. The maximum atomic E-state index is 6.09. The Hall–Kier alpha value is -1.80. The fourth-order valence-corrected chi connectivity index (χ4v) is 2.13. The van der Waals surface area contributed by atoms with Crippen LogP contribution in [0.2, 0.25) is 0 Å². The molecule has 1 atom stereocenters. The van der Waals surface area contributed by atoms with Crippen molar-refractivity contribution < 1.29 is 4.74 Å². The van der Waals surface area contributed by atoms with Gasteiger partial charge in [0, 0.05) is 6.54 Å². The lowest BCUT2D eigenvalue weighted by Gasteiger charge is -2.20. The number of aryl methyl sites for hydroxylation is 3. The quantitative estimate of drug-likeness (QED) is 0.904. The Labute approximate surface area is 115 Å². The van der Waals surface area contributed by atoms with Crippen LogP contribution in [0.5, 0.6) is 5.75 Å². The van der Waals surface area contributed by atoms with E-state index in [9.17, 15) is 0 Å². The molecule has 0 aliphatic rings. The smallest absolute Gasteiger partial charge is 0.136 e. The molecule has 0 bridgehead atoms. The third kappa shape index (κ3) is 3.15. The van der Waals surface area contributed by atoms with Gasteiger partial charge in [-0.05, 0) is 49.1 Å². The van der Waals surface area contributed by atoms with Crippen LogP contribution >= 0.6 is 0 Å². The van der Waals surface area contributed by atoms with E-state index in [1.165, 1.54) is 11.1 Å². The molecule has 0 aromatic heterocycles. The van der Waals surface area contributed by atoms with Gasteiger partial charge in [0.05, 0.1) is 0 Å². The second-order valence-electron chi connectivity index (χ2n) is 4.95. The Morgan fingerprint density at radius 3 is 2.21 bits per heavy atom. The molecule has 0 aliphatic heterocycles. The summed E-state index contributed by atoms with van der Waals surface area (Å²) in [7, 11) is 0. The van der Waals surface area contributed by atoms with Crippen molar-refractivity contribution in [3.8, 4) is 5.75 Å². The average molecular weight is 255 g/mol. The van der Waals surface area contributed by atoms with Crippen LogP contribution in [0.3, 0.4) is 0 Å². The number of hydrogen-bond acceptors (Lipinski definition) is 2. The van der Waals surface area contributed by atoms with Gasteiger partial charge in [-0.25, -0.2) is 0 Å². The van der Waals surface area contributed by atoms with E-state index in [0.29, 0.717) is 6.54 Å². The van der Waals surface area contributed by atoms with Crippen molar-refractivity contribution >= 4 is 0 Å². The first-order valence-corrected chi connectivity index (χ1v) is 6.61. The van der Waals surface area contributed by atoms with Gasteiger partial charge in [0.1, 0.15) is 11.9 Å². The maximum absolute atomic E-state index is 6.09. The van der Waals surface area contributed by atoms with Gasteiger partial charge in [-0.2, -0.15) is 0 Å². The predicted octanol–water partition coefficient (Wildman–Crippen LogP) is 3.69. The molecule has 0 spiro atoms. The minimum atomic E-state index is -0.0954. The zero-order chi connectivity index (χ0) is 13.8. The molecule has 0 aliphatic carbocycles. The molecular formula is C17H21NO. The first-order valence-electron chi connectivity index (χ1n) is 6.61. The largest absolute Gasteiger partial charge is 0.484 e. The molecule has 1 unspecified atom stereocenters. The van der Waals surface area contributed by atoms with E-state index >= 15 is 0 Å². The first-order chi connectivity index (χ1) is 9.11. The van der Waals surface area contributed by atoms with Crippen LogP contribution in [0.1, 0.15) is 28.4 Å². The van der Waals surface area contributed by atoms with Gasteiger partial charge < -0.3 is 10.5 Å². The summed E-state index contributed by atoms with van der Waals surface area (Å²) in [5, 5.41) is 0. The second-order valence-corrected chi connectivity index (χ2v) is 4.95. The van der Waals surface area contributed by atoms with Gasteiger partial charge >= 0.3 is 0 Å². The highest BCUT2D eigenvalue weighted by atomic mass is 16.5. The summed E-state index contributed by atoms with van der Waals surface area (Å²) in [6.07, 6.45) is -0.0954. The standard InChI is InChI=1S/C17H21NO/c1-12-9-14(3)16(10-13(12)2)19-17(11-18)15-7-5-4-6-8-15/h4-10,17H,11,18H2,1-3H3. The molecule has 0 radical (unpaired) electrons. The monoisotopic (exact) mass is 255 g/mol. The van der Waals surface area contributed by atoms with Gasteiger partial charge in [0.2, 0.25) is 0 Å². The van der Waals surface area contributed by atoms with Crippen molar-refractivity contribution in [3.05, 3.63) is 64.7 Å². The third-order valence-corrected chi connectivity index (χ3v) is 3.45. The molecule has 0 saturated carbocycles. The van der Waals surface area contributed by atoms with Crippen molar-refractivity contribution in [1.29, 1.82) is 0 Å². The van der Waals surface area contributed by atoms with E-state index in [2.05, 4.69) is 32.9 Å². The molecule has 2 nitrogen and oxygen atoms in total. The van der Waals surface area contributed by atoms with Crippen LogP contribution in [0.4, 0.5) is 0 Å². The number of benzene rings is 2. The molecule has 2 rings (SSSR count). The van der Waals surface area contributed by atoms with Crippen molar-refractivity contribution in [2.75, 3.05) is 6.54 Å². The minimum absolute atomic E-state index is 0.0954. The SMILES string of the molecule is Cc1cc(C)c(OC(CN)c2ccccc2)cc1C. The molecule has 0 fully saturated rings. The van der Waals surface area contributed by atoms with Crippen molar-refractivity contribution in [2.24, 2.45) is 5.73 Å². The summed E-state index contributed by atoms with van der Waals surface area (Å²) >= 11 is 0. The molecule has 19 heavy (non-hydrogen) atoms. The highest BCUT2D eigenvalue weighted by Crippen LogP contribution is 2.27. The topological polar surface area (TPSA) is 35.2 Å². The summed E-state index contributed by atoms with van der Waals surface area (Å²) in [6.45, 7) is 6.75. The Morgan fingerprint density at radius 1 is 0.947 bits per heavy atom. The fourth-order valence-electron chi connectivity index (χ4n) is 2.13. The van der Waals surface area contributed by atoms with E-state index in [1.807, 2.05) is 30.3 Å². The molecular weight excluding hydrogens is 234 g/mol. The lowest BCUT2D eigenvalue weighted by molar-refractivity contribution is 0.212. The van der Waals surface area contributed by atoms with Crippen LogP contribution in [-0.2, 0) is 0 Å². The van der Waals surface area contributed by atoms with Crippen LogP contribution in [0, 0.1) is 20.8 Å². The fraction of sp³-hybridized carbons (Fsp3) is 0.294. The van der Waals surface area contributed by atoms with Gasteiger partial charge in [-0.15, -0.1) is 0 Å². The Balaban J connectivity index is 2.26. The van der Waals surface area contributed by atoms with E-state index in [1.54, 1.807) is 0 Å². The molecule has 0 heterocycles. The molecule has 0 amide bonds. The van der Waals surface area contributed by atoms with Crippen LogP contribution in [0.15, 0.2) is 42.5 Å². The van der Waals surface area contributed by atoms with E-state index in [4.69, 9.17) is 10.5 Å². The molecule has 2 N–H and O–H groups in total. The van der Waals surface area contributed by atoms with Crippen LogP contribution in [-0.4, -0.2) is 6.54 Å². The number of rotatable bonds is 4. The number of hydrogen-bond donors (Lipinski definition) is 1. The molecule has 2 aromatic carbocycles. The third-order valence-electron chi connectivity index (χ3n) is 3.45. The lowest BCUT2D eigenvalue weighted by Crippen LogP contribution is -2.18. The van der Waals surface area contributed by atoms with Gasteiger partial charge in [0.15, 0.2) is 0 Å². The van der Waals surface area contributed by atoms with Gasteiger partial charge in [-0.1, -0.05) is 36.4 Å². The average Bonchev–Trinajstić information content (AvgIpc) is 2.42. The highest BCUT2D eigenvalue weighted by molar-refractivity contribution is 5.41. The van der Waals surface area contributed by atoms with Crippen molar-refractivity contribution in [3.63, 3.8) is 0 Å². The van der Waals surface area contributed by atoms with E-state index < -0.39 is 0 Å². The van der Waals surface area contributed by atoms with Gasteiger partial charge in [-0.3, -0.25) is 0 Å². The normalized spacial score (nSPS) is 12.2. The summed E-state index contributed by atoms with van der Waals surface area (Å²) in [5.74, 6) is 0.919. The minimum Gasteiger partial charge on any atom is -0.484 e. The summed E-state index contributed by atoms with van der Waals surface area (Å²) in [4.78, 5) is 0. The Kier molecular flexibility index (Phi) is 4.23. The summed E-state index contributed by atoms with van der Waals surface area (Å²) < 4.78 is 6.09. The molecule has 0 saturated heterocycles. The number of nitrogens with two attached hydrogens (primary N) is 1. The zero-order valence-corrected chi connectivity index (χ0v) is 11.8. The van der Waals surface area contributed by atoms with Crippen molar-refractivity contribution in [2.45, 2.75) is 26.9 Å². The maximum Gasteiger partial charge on any atom is 0.136 e. The Bertz CT molecular complexity index is 549. The second kappa shape index (κ2) is 5.89. The van der Waals surface area contributed by atoms with E-state index in [0.717, 1.165) is 16.9 Å². The highest BCUT2D eigenvalue weighted by Gasteiger charge is 2.13. The van der Waals surface area contributed by atoms with Crippen LogP contribution in [0.25, 0.3) is 0 Å². The number of ether oxygens (including phenoxy) is 1. The van der Waals surface area contributed by atoms with Gasteiger partial charge in [0.25, 0.3) is 0 Å². The summed E-state index contributed by atoms with van der Waals surface area (Å²) in [5.41, 5.74) is 10.6. The molecule has 2 aromatic rings.